The van der Waals surface area contributed by atoms with Crippen molar-refractivity contribution in [2.75, 3.05) is 6.26 Å². The zero-order valence-corrected chi connectivity index (χ0v) is 10.9. The summed E-state index contributed by atoms with van der Waals surface area (Å²) in [5.74, 6) is -13.3. The average molecular weight is 342 g/mol. The van der Waals surface area contributed by atoms with Crippen LogP contribution in [0, 0.1) is 29.1 Å². The van der Waals surface area contributed by atoms with Gasteiger partial charge in [0.1, 0.15) is 0 Å². The van der Waals surface area contributed by atoms with Gasteiger partial charge < -0.3 is 0 Å². The first-order valence-corrected chi connectivity index (χ1v) is 7.84. The Morgan fingerprint density at radius 2 is 1.05 bits per heavy atom. The normalized spacial score (nSPS) is 14.3. The van der Waals surface area contributed by atoms with E-state index in [1.807, 2.05) is 0 Å². The van der Waals surface area contributed by atoms with Gasteiger partial charge in [0.2, 0.25) is 10.4 Å². The lowest BCUT2D eigenvalue weighted by molar-refractivity contribution is 0.371. The molecule has 0 N–H and O–H groups in total. The highest BCUT2D eigenvalue weighted by atomic mass is 32.3. The minimum absolute atomic E-state index is 0.0623. The van der Waals surface area contributed by atoms with Crippen molar-refractivity contribution in [3.05, 3.63) is 34.6 Å². The Morgan fingerprint density at radius 3 is 1.30 bits per heavy atom. The van der Waals surface area contributed by atoms with Crippen molar-refractivity contribution in [3.63, 3.8) is 0 Å². The largest absolute Gasteiger partial charge is 0.324 e. The Morgan fingerprint density at radius 1 is 0.750 bits per heavy atom. The molecule has 1 aromatic carbocycles. The molecule has 1 rings (SSSR count). The summed E-state index contributed by atoms with van der Waals surface area (Å²) in [6.07, 6.45) is 0.0623. The molecule has 0 fully saturated rings. The fourth-order valence-electron chi connectivity index (χ4n) is 1.39. The Balaban J connectivity index is 3.95. The summed E-state index contributed by atoms with van der Waals surface area (Å²) in [6, 6.07) is 0. The van der Waals surface area contributed by atoms with Crippen molar-refractivity contribution in [2.45, 2.75) is 4.58 Å². The van der Waals surface area contributed by atoms with Gasteiger partial charge in [0.05, 0.1) is 5.56 Å². The molecule has 0 saturated carbocycles. The highest BCUT2D eigenvalue weighted by Crippen LogP contribution is 2.35. The van der Waals surface area contributed by atoms with Crippen LogP contribution in [0.25, 0.3) is 0 Å². The highest BCUT2D eigenvalue weighted by Gasteiger charge is 2.43. The molecular formula is C8H4F6O4S2. The lowest BCUT2D eigenvalue weighted by Gasteiger charge is -2.14. The maximum Gasteiger partial charge on any atom is 0.324 e. The van der Waals surface area contributed by atoms with Gasteiger partial charge in [-0.1, -0.05) is 0 Å². The first kappa shape index (κ1) is 16.8. The molecule has 0 aliphatic heterocycles. The molecule has 0 aliphatic carbocycles. The smallest absolute Gasteiger partial charge is 0.227 e. The van der Waals surface area contributed by atoms with Gasteiger partial charge in [0.25, 0.3) is 0 Å². The SMILES string of the molecule is CS(=O)(=O)C(c1c(F)c(F)c(F)c(F)c1F)S(=O)(=O)F. The number of benzene rings is 1. The molecule has 4 nitrogen and oxygen atoms in total. The second-order valence-corrected chi connectivity index (χ2v) is 7.47. The van der Waals surface area contributed by atoms with Crippen LogP contribution in [0.4, 0.5) is 25.8 Å². The van der Waals surface area contributed by atoms with E-state index in [4.69, 9.17) is 0 Å². The van der Waals surface area contributed by atoms with Crippen LogP contribution in [0.15, 0.2) is 0 Å². The summed E-state index contributed by atoms with van der Waals surface area (Å²) >= 11 is 0. The van der Waals surface area contributed by atoms with E-state index >= 15 is 0 Å². The fourth-order valence-corrected chi connectivity index (χ4v) is 4.19. The van der Waals surface area contributed by atoms with Crippen LogP contribution in [0.1, 0.15) is 10.1 Å². The molecule has 1 unspecified atom stereocenters. The van der Waals surface area contributed by atoms with Gasteiger partial charge >= 0.3 is 10.2 Å². The zero-order chi connectivity index (χ0) is 16.0. The Hall–Kier alpha value is -1.30. The molecule has 0 aliphatic rings. The van der Waals surface area contributed by atoms with Gasteiger partial charge in [-0.15, -0.1) is 3.89 Å². The molecule has 0 spiro atoms. The second-order valence-electron chi connectivity index (χ2n) is 3.62. The number of hydrogen-bond acceptors (Lipinski definition) is 4. The quantitative estimate of drug-likeness (QED) is 0.363. The summed E-state index contributed by atoms with van der Waals surface area (Å²) < 4.78 is 118. The molecule has 0 aromatic heterocycles. The summed E-state index contributed by atoms with van der Waals surface area (Å²) in [6.45, 7) is 0. The molecule has 114 valence electrons. The molecule has 12 heteroatoms. The topological polar surface area (TPSA) is 68.3 Å². The molecular weight excluding hydrogens is 338 g/mol. The summed E-state index contributed by atoms with van der Waals surface area (Å²) in [5, 5.41) is 0. The zero-order valence-electron chi connectivity index (χ0n) is 9.29. The predicted octanol–water partition coefficient (Wildman–Crippen LogP) is 1.72. The van der Waals surface area contributed by atoms with E-state index in [9.17, 15) is 42.7 Å². The van der Waals surface area contributed by atoms with Gasteiger partial charge in [0.15, 0.2) is 33.1 Å². The summed E-state index contributed by atoms with van der Waals surface area (Å²) in [5.41, 5.74) is -2.29. The monoisotopic (exact) mass is 342 g/mol. The number of hydrogen-bond donors (Lipinski definition) is 0. The van der Waals surface area contributed by atoms with Crippen molar-refractivity contribution in [2.24, 2.45) is 0 Å². The Bertz CT molecular complexity index is 710. The lowest BCUT2D eigenvalue weighted by Crippen LogP contribution is -2.23. The third-order valence-electron chi connectivity index (χ3n) is 2.12. The Kier molecular flexibility index (Phi) is 4.11. The minimum Gasteiger partial charge on any atom is -0.227 e. The third-order valence-corrected chi connectivity index (χ3v) is 5.62. The van der Waals surface area contributed by atoms with Gasteiger partial charge in [-0.2, -0.15) is 8.42 Å². The van der Waals surface area contributed by atoms with Crippen LogP contribution in [0.2, 0.25) is 0 Å². The molecule has 1 aromatic rings. The second kappa shape index (κ2) is 4.91. The summed E-state index contributed by atoms with van der Waals surface area (Å²) in [4.78, 5) is 0. The van der Waals surface area contributed by atoms with E-state index in [-0.39, 0.29) is 6.26 Å². The summed E-state index contributed by atoms with van der Waals surface area (Å²) in [7, 11) is -11.3. The van der Waals surface area contributed by atoms with E-state index in [1.165, 1.54) is 0 Å². The van der Waals surface area contributed by atoms with Crippen LogP contribution >= 0.6 is 0 Å². The third kappa shape index (κ3) is 2.75. The molecule has 0 heterocycles. The highest BCUT2D eigenvalue weighted by molar-refractivity contribution is 8.05. The van der Waals surface area contributed by atoms with E-state index in [0.29, 0.717) is 0 Å². The Labute approximate surface area is 109 Å². The molecule has 20 heavy (non-hydrogen) atoms. The van der Waals surface area contributed by atoms with E-state index in [2.05, 4.69) is 0 Å². The molecule has 0 amide bonds. The lowest BCUT2D eigenvalue weighted by atomic mass is 10.2. The molecule has 0 radical (unpaired) electrons. The fraction of sp³-hybridized carbons (Fsp3) is 0.250. The molecule has 0 bridgehead atoms. The van der Waals surface area contributed by atoms with E-state index < -0.39 is 59.3 Å². The maximum absolute atomic E-state index is 13.3. The van der Waals surface area contributed by atoms with Crippen molar-refractivity contribution in [1.29, 1.82) is 0 Å². The maximum atomic E-state index is 13.3. The van der Waals surface area contributed by atoms with Crippen LogP contribution < -0.4 is 0 Å². The predicted molar refractivity (Wildman–Crippen MR) is 53.8 cm³/mol. The van der Waals surface area contributed by atoms with Gasteiger partial charge in [0, 0.05) is 6.26 Å². The van der Waals surface area contributed by atoms with E-state index in [1.54, 1.807) is 0 Å². The molecule has 1 atom stereocenters. The number of rotatable bonds is 3. The van der Waals surface area contributed by atoms with E-state index in [0.717, 1.165) is 0 Å². The van der Waals surface area contributed by atoms with Crippen LogP contribution in [0.5, 0.6) is 0 Å². The van der Waals surface area contributed by atoms with Crippen LogP contribution in [-0.4, -0.2) is 23.1 Å². The minimum atomic E-state index is -6.19. The number of sulfone groups is 1. The number of halogens is 6. The van der Waals surface area contributed by atoms with Gasteiger partial charge in [-0.25, -0.2) is 30.4 Å². The van der Waals surface area contributed by atoms with Crippen molar-refractivity contribution < 1.29 is 42.7 Å². The molecule has 0 saturated heterocycles. The van der Waals surface area contributed by atoms with Gasteiger partial charge in [-0.3, -0.25) is 0 Å². The first-order valence-electron chi connectivity index (χ1n) is 4.43. The van der Waals surface area contributed by atoms with Crippen molar-refractivity contribution in [1.82, 2.24) is 0 Å². The van der Waals surface area contributed by atoms with Gasteiger partial charge in [-0.05, 0) is 0 Å². The van der Waals surface area contributed by atoms with Crippen molar-refractivity contribution in [3.8, 4) is 0 Å². The van der Waals surface area contributed by atoms with Crippen LogP contribution in [0.3, 0.4) is 0 Å². The standard InChI is InChI=1S/C8H4F6O4S2/c1-19(15,16)8(20(14,17)18)2-3(9)5(11)7(13)6(12)4(2)10/h8H,1H3. The van der Waals surface area contributed by atoms with Crippen LogP contribution in [-0.2, 0) is 20.1 Å². The first-order chi connectivity index (χ1) is 8.80. The van der Waals surface area contributed by atoms with Crippen molar-refractivity contribution >= 4 is 20.1 Å². The average Bonchev–Trinajstić information content (AvgIpc) is 2.26.